The smallest absolute Gasteiger partial charge is 0.409 e. The molecule has 4 nitrogen and oxygen atoms in total. The molecule has 0 atom stereocenters. The summed E-state index contributed by atoms with van der Waals surface area (Å²) in [5.74, 6) is 5.15. The molecule has 0 aliphatic rings. The van der Waals surface area contributed by atoms with Crippen LogP contribution in [-0.2, 0) is 0 Å². The van der Waals surface area contributed by atoms with Crippen molar-refractivity contribution in [2.24, 2.45) is 5.84 Å². The second kappa shape index (κ2) is 3.94. The summed E-state index contributed by atoms with van der Waals surface area (Å²) in [7, 11) is 0. The number of benzene rings is 1. The molecule has 0 bridgehead atoms. The van der Waals surface area contributed by atoms with Gasteiger partial charge in [-0.25, -0.2) is 10.6 Å². The number of hydrogen-bond donors (Lipinski definition) is 2. The van der Waals surface area contributed by atoms with Crippen molar-refractivity contribution in [3.63, 3.8) is 0 Å². The van der Waals surface area contributed by atoms with Crippen molar-refractivity contribution in [1.29, 1.82) is 0 Å². The highest BCUT2D eigenvalue weighted by molar-refractivity contribution is 6.30. The van der Waals surface area contributed by atoms with E-state index < -0.39 is 6.09 Å². The van der Waals surface area contributed by atoms with Crippen LogP contribution in [0, 0.1) is 0 Å². The van der Waals surface area contributed by atoms with E-state index in [0.29, 0.717) is 10.8 Å². The van der Waals surface area contributed by atoms with Crippen molar-refractivity contribution < 1.29 is 9.53 Å². The lowest BCUT2D eigenvalue weighted by Crippen LogP contribution is -2.32. The summed E-state index contributed by atoms with van der Waals surface area (Å²) < 4.78 is 4.68. The average molecular weight is 187 g/mol. The Bertz CT molecular complexity index is 290. The Morgan fingerprint density at radius 3 is 2.92 bits per heavy atom. The predicted molar refractivity (Wildman–Crippen MR) is 44.8 cm³/mol. The summed E-state index contributed by atoms with van der Waals surface area (Å²) >= 11 is 5.63. The first-order valence-electron chi connectivity index (χ1n) is 3.16. The number of ether oxygens (including phenoxy) is 1. The molecule has 0 saturated heterocycles. The summed E-state index contributed by atoms with van der Waals surface area (Å²) in [6.45, 7) is 0. The Kier molecular flexibility index (Phi) is 2.90. The van der Waals surface area contributed by atoms with E-state index in [2.05, 4.69) is 4.74 Å². The van der Waals surface area contributed by atoms with Crippen LogP contribution in [0.3, 0.4) is 0 Å². The van der Waals surface area contributed by atoms with Crippen molar-refractivity contribution in [3.8, 4) is 5.75 Å². The van der Waals surface area contributed by atoms with Crippen LogP contribution < -0.4 is 16.0 Å². The zero-order chi connectivity index (χ0) is 8.97. The second-order valence-electron chi connectivity index (χ2n) is 1.99. The first-order valence-corrected chi connectivity index (χ1v) is 3.54. The molecule has 0 aliphatic heterocycles. The number of rotatable bonds is 1. The van der Waals surface area contributed by atoms with Crippen LogP contribution in [0.1, 0.15) is 0 Å². The molecule has 1 aromatic rings. The number of carbonyl (C=O) groups excluding carboxylic acids is 1. The first-order chi connectivity index (χ1) is 5.72. The Morgan fingerprint density at radius 1 is 1.58 bits per heavy atom. The molecule has 1 aromatic carbocycles. The standard InChI is InChI=1S/C7H7ClN2O2/c8-5-2-1-3-6(4-5)12-7(11)10-9/h1-4H,9H2,(H,10,11). The molecule has 0 spiro atoms. The molecule has 1 amide bonds. The zero-order valence-corrected chi connectivity index (χ0v) is 6.84. The molecule has 3 N–H and O–H groups in total. The van der Waals surface area contributed by atoms with Gasteiger partial charge in [0, 0.05) is 5.02 Å². The van der Waals surface area contributed by atoms with Gasteiger partial charge in [-0.05, 0) is 18.2 Å². The Hall–Kier alpha value is -1.26. The molecule has 0 radical (unpaired) electrons. The van der Waals surface area contributed by atoms with Gasteiger partial charge in [0.1, 0.15) is 5.75 Å². The van der Waals surface area contributed by atoms with Gasteiger partial charge in [0.15, 0.2) is 0 Å². The third-order valence-electron chi connectivity index (χ3n) is 1.12. The summed E-state index contributed by atoms with van der Waals surface area (Å²) in [5, 5.41) is 0.498. The number of hydrogen-bond acceptors (Lipinski definition) is 3. The summed E-state index contributed by atoms with van der Waals surface area (Å²) in [6.07, 6.45) is -0.725. The minimum absolute atomic E-state index is 0.352. The zero-order valence-electron chi connectivity index (χ0n) is 6.08. The minimum atomic E-state index is -0.725. The number of hydrazine groups is 1. The van der Waals surface area contributed by atoms with E-state index in [4.69, 9.17) is 17.4 Å². The van der Waals surface area contributed by atoms with Crippen LogP contribution >= 0.6 is 11.6 Å². The summed E-state index contributed by atoms with van der Waals surface area (Å²) in [6, 6.07) is 6.45. The minimum Gasteiger partial charge on any atom is -0.409 e. The Balaban J connectivity index is 2.69. The summed E-state index contributed by atoms with van der Waals surface area (Å²) in [4.78, 5) is 10.6. The molecular formula is C7H7ClN2O2. The lowest BCUT2D eigenvalue weighted by Gasteiger charge is -2.01. The molecule has 5 heteroatoms. The third kappa shape index (κ3) is 2.41. The van der Waals surface area contributed by atoms with Gasteiger partial charge < -0.3 is 4.74 Å². The van der Waals surface area contributed by atoms with Gasteiger partial charge in [-0.15, -0.1) is 0 Å². The molecule has 1 rings (SSSR count). The van der Waals surface area contributed by atoms with Crippen LogP contribution in [0.4, 0.5) is 4.79 Å². The van der Waals surface area contributed by atoms with Crippen LogP contribution in [0.2, 0.25) is 5.02 Å². The van der Waals surface area contributed by atoms with E-state index in [1.807, 2.05) is 5.43 Å². The number of halogens is 1. The fourth-order valence-electron chi connectivity index (χ4n) is 0.667. The van der Waals surface area contributed by atoms with E-state index >= 15 is 0 Å². The maximum absolute atomic E-state index is 10.6. The molecule has 0 saturated carbocycles. The lowest BCUT2D eigenvalue weighted by molar-refractivity contribution is 0.201. The Morgan fingerprint density at radius 2 is 2.33 bits per heavy atom. The van der Waals surface area contributed by atoms with Crippen LogP contribution in [0.5, 0.6) is 5.75 Å². The van der Waals surface area contributed by atoms with Crippen molar-refractivity contribution in [1.82, 2.24) is 5.43 Å². The number of nitrogens with two attached hydrogens (primary N) is 1. The van der Waals surface area contributed by atoms with Crippen LogP contribution in [0.25, 0.3) is 0 Å². The second-order valence-corrected chi connectivity index (χ2v) is 2.43. The molecule has 0 fully saturated rings. The largest absolute Gasteiger partial charge is 0.426 e. The highest BCUT2D eigenvalue weighted by Gasteiger charge is 2.00. The number of carbonyl (C=O) groups is 1. The quantitative estimate of drug-likeness (QED) is 0.395. The van der Waals surface area contributed by atoms with Gasteiger partial charge in [-0.3, -0.25) is 5.43 Å². The molecule has 12 heavy (non-hydrogen) atoms. The van der Waals surface area contributed by atoms with E-state index in [-0.39, 0.29) is 0 Å². The van der Waals surface area contributed by atoms with Crippen molar-refractivity contribution in [2.75, 3.05) is 0 Å². The Labute approximate surface area is 74.2 Å². The summed E-state index contributed by atoms with van der Waals surface area (Å²) in [5.41, 5.74) is 1.83. The SMILES string of the molecule is NNC(=O)Oc1cccc(Cl)c1. The number of amides is 1. The highest BCUT2D eigenvalue weighted by Crippen LogP contribution is 2.16. The molecule has 0 aromatic heterocycles. The maximum atomic E-state index is 10.6. The van der Waals surface area contributed by atoms with Gasteiger partial charge in [0.25, 0.3) is 0 Å². The van der Waals surface area contributed by atoms with E-state index in [1.54, 1.807) is 18.2 Å². The monoisotopic (exact) mass is 186 g/mol. The predicted octanol–water partition coefficient (Wildman–Crippen LogP) is 1.30. The van der Waals surface area contributed by atoms with Crippen molar-refractivity contribution in [3.05, 3.63) is 29.3 Å². The highest BCUT2D eigenvalue weighted by atomic mass is 35.5. The third-order valence-corrected chi connectivity index (χ3v) is 1.36. The van der Waals surface area contributed by atoms with E-state index in [9.17, 15) is 4.79 Å². The van der Waals surface area contributed by atoms with Gasteiger partial charge in [0.2, 0.25) is 0 Å². The van der Waals surface area contributed by atoms with E-state index in [0.717, 1.165) is 0 Å². The molecule has 0 unspecified atom stereocenters. The maximum Gasteiger partial charge on any atom is 0.426 e. The van der Waals surface area contributed by atoms with Gasteiger partial charge in [-0.1, -0.05) is 17.7 Å². The molecule has 0 aliphatic carbocycles. The van der Waals surface area contributed by atoms with E-state index in [1.165, 1.54) is 6.07 Å². The molecular weight excluding hydrogens is 180 g/mol. The van der Waals surface area contributed by atoms with Crippen LogP contribution in [0.15, 0.2) is 24.3 Å². The van der Waals surface area contributed by atoms with Gasteiger partial charge >= 0.3 is 6.09 Å². The number of nitrogens with one attached hydrogen (secondary N) is 1. The lowest BCUT2D eigenvalue weighted by atomic mass is 10.3. The molecule has 0 heterocycles. The van der Waals surface area contributed by atoms with Crippen LogP contribution in [-0.4, -0.2) is 6.09 Å². The van der Waals surface area contributed by atoms with Crippen molar-refractivity contribution >= 4 is 17.7 Å². The fraction of sp³-hybridized carbons (Fsp3) is 0. The van der Waals surface area contributed by atoms with Gasteiger partial charge in [-0.2, -0.15) is 0 Å². The first kappa shape index (κ1) is 8.83. The van der Waals surface area contributed by atoms with Crippen molar-refractivity contribution in [2.45, 2.75) is 0 Å². The normalized spacial score (nSPS) is 9.17. The van der Waals surface area contributed by atoms with Gasteiger partial charge in [0.05, 0.1) is 0 Å². The average Bonchev–Trinajstić information content (AvgIpc) is 2.04. The topological polar surface area (TPSA) is 64.3 Å². The fourth-order valence-corrected chi connectivity index (χ4v) is 0.847. The molecule has 64 valence electrons.